The normalized spacial score (nSPS) is 19.3. The van der Waals surface area contributed by atoms with Crippen molar-refractivity contribution in [2.45, 2.75) is 37.5 Å². The molecule has 0 bridgehead atoms. The number of benzene rings is 2. The summed E-state index contributed by atoms with van der Waals surface area (Å²) in [6, 6.07) is 12.3. The summed E-state index contributed by atoms with van der Waals surface area (Å²) in [5, 5.41) is 0.935. The maximum atomic E-state index is 13.1. The number of amides is 1. The van der Waals surface area contributed by atoms with Gasteiger partial charge in [-0.2, -0.15) is 4.98 Å². The van der Waals surface area contributed by atoms with Crippen molar-refractivity contribution >= 4 is 34.6 Å². The Morgan fingerprint density at radius 3 is 2.53 bits per heavy atom. The highest BCUT2D eigenvalue weighted by atomic mass is 35.5. The molecule has 2 fully saturated rings. The van der Waals surface area contributed by atoms with Crippen molar-refractivity contribution in [1.29, 1.82) is 0 Å². The first-order valence-electron chi connectivity index (χ1n) is 11.4. The summed E-state index contributed by atoms with van der Waals surface area (Å²) in [4.78, 5) is 33.0. The zero-order valence-corrected chi connectivity index (χ0v) is 18.6. The zero-order chi connectivity index (χ0) is 21.9. The Morgan fingerprint density at radius 2 is 1.78 bits per heavy atom. The molecule has 2 aromatic carbocycles. The average Bonchev–Trinajstić information content (AvgIpc) is 3.08. The fraction of sp³-hybridized carbons (Fsp3) is 0.400. The molecule has 0 N–H and O–H groups in total. The van der Waals surface area contributed by atoms with E-state index in [1.807, 2.05) is 17.0 Å². The van der Waals surface area contributed by atoms with E-state index in [1.54, 1.807) is 6.07 Å². The van der Waals surface area contributed by atoms with Crippen molar-refractivity contribution in [2.75, 3.05) is 31.1 Å². The van der Waals surface area contributed by atoms with Crippen LogP contribution in [0.1, 0.15) is 43.5 Å². The third kappa shape index (κ3) is 2.75. The van der Waals surface area contributed by atoms with Crippen LogP contribution in [0.2, 0.25) is 5.02 Å². The lowest BCUT2D eigenvalue weighted by atomic mass is 9.70. The highest BCUT2D eigenvalue weighted by Gasteiger charge is 2.46. The molecule has 1 spiro atoms. The van der Waals surface area contributed by atoms with Gasteiger partial charge < -0.3 is 9.80 Å². The highest BCUT2D eigenvalue weighted by Crippen LogP contribution is 2.52. The summed E-state index contributed by atoms with van der Waals surface area (Å²) in [5.41, 5.74) is 3.91. The number of carbonyl (C=O) groups excluding carboxylic acids is 1. The Balaban J connectivity index is 1.57. The summed E-state index contributed by atoms with van der Waals surface area (Å²) in [5.74, 6) is 0.870. The van der Waals surface area contributed by atoms with E-state index in [2.05, 4.69) is 32.7 Å². The molecule has 1 aliphatic carbocycles. The van der Waals surface area contributed by atoms with E-state index in [9.17, 15) is 9.59 Å². The molecule has 0 unspecified atom stereocenters. The monoisotopic (exact) mass is 448 g/mol. The number of nitrogens with zero attached hydrogens (tertiary/aromatic N) is 4. The van der Waals surface area contributed by atoms with Crippen molar-refractivity contribution in [3.63, 3.8) is 0 Å². The van der Waals surface area contributed by atoms with E-state index in [-0.39, 0.29) is 11.0 Å². The maximum Gasteiger partial charge on any atom is 0.282 e. The van der Waals surface area contributed by atoms with Crippen LogP contribution in [0.3, 0.4) is 0 Å². The van der Waals surface area contributed by atoms with Gasteiger partial charge in [0.25, 0.3) is 5.56 Å². The molecule has 0 atom stereocenters. The van der Waals surface area contributed by atoms with Crippen LogP contribution in [0.5, 0.6) is 0 Å². The lowest BCUT2D eigenvalue weighted by Gasteiger charge is -2.35. The van der Waals surface area contributed by atoms with Gasteiger partial charge in [-0.1, -0.05) is 43.0 Å². The van der Waals surface area contributed by atoms with E-state index >= 15 is 0 Å². The summed E-state index contributed by atoms with van der Waals surface area (Å²) in [6.07, 6.45) is 6.45. The van der Waals surface area contributed by atoms with E-state index in [0.717, 1.165) is 81.0 Å². The van der Waals surface area contributed by atoms with Crippen molar-refractivity contribution in [3.8, 4) is 5.69 Å². The molecule has 0 radical (unpaired) electrons. The lowest BCUT2D eigenvalue weighted by Crippen LogP contribution is -2.45. The predicted molar refractivity (Wildman–Crippen MR) is 126 cm³/mol. The topological polar surface area (TPSA) is 58.4 Å². The summed E-state index contributed by atoms with van der Waals surface area (Å²) >= 11 is 6.45. The van der Waals surface area contributed by atoms with Crippen molar-refractivity contribution in [1.82, 2.24) is 14.5 Å². The number of aromatic nitrogens is 2. The quantitative estimate of drug-likeness (QED) is 0.558. The van der Waals surface area contributed by atoms with E-state index in [1.165, 1.54) is 12.0 Å². The van der Waals surface area contributed by atoms with Gasteiger partial charge in [0.15, 0.2) is 0 Å². The molecule has 2 aliphatic heterocycles. The Hall–Kier alpha value is -2.86. The van der Waals surface area contributed by atoms with Crippen LogP contribution in [0, 0.1) is 0 Å². The van der Waals surface area contributed by atoms with Gasteiger partial charge in [0.2, 0.25) is 6.41 Å². The largest absolute Gasteiger partial charge is 0.368 e. The molecule has 164 valence electrons. The summed E-state index contributed by atoms with van der Waals surface area (Å²) in [7, 11) is 0. The smallest absolute Gasteiger partial charge is 0.282 e. The number of anilines is 1. The van der Waals surface area contributed by atoms with Crippen molar-refractivity contribution < 1.29 is 4.79 Å². The first kappa shape index (κ1) is 19.8. The Kier molecular flexibility index (Phi) is 4.54. The maximum absolute atomic E-state index is 13.1. The predicted octanol–water partition coefficient (Wildman–Crippen LogP) is 3.88. The minimum Gasteiger partial charge on any atom is -0.368 e. The minimum absolute atomic E-state index is 0.210. The van der Waals surface area contributed by atoms with Crippen molar-refractivity contribution in [2.24, 2.45) is 0 Å². The zero-order valence-electron chi connectivity index (χ0n) is 17.9. The number of hydrogen-bond acceptors (Lipinski definition) is 4. The first-order chi connectivity index (χ1) is 15.6. The lowest BCUT2D eigenvalue weighted by molar-refractivity contribution is -0.118. The molecule has 1 amide bonds. The van der Waals surface area contributed by atoms with Gasteiger partial charge in [0, 0.05) is 31.9 Å². The molecular weight excluding hydrogens is 424 g/mol. The molecule has 3 heterocycles. The SMILES string of the molecule is O=CN1CCN(c2ccc3c(c2)-n2c(nc(=O)c4c(Cl)cccc42)C32CCCCC2)CC1. The Morgan fingerprint density at radius 1 is 1.00 bits per heavy atom. The highest BCUT2D eigenvalue weighted by molar-refractivity contribution is 6.35. The number of hydrogen-bond donors (Lipinski definition) is 0. The number of piperazine rings is 1. The number of rotatable bonds is 2. The van der Waals surface area contributed by atoms with Crippen LogP contribution < -0.4 is 10.5 Å². The fourth-order valence-electron chi connectivity index (χ4n) is 5.95. The van der Waals surface area contributed by atoms with Gasteiger partial charge in [-0.3, -0.25) is 14.2 Å². The third-order valence-corrected chi connectivity index (χ3v) is 7.88. The van der Waals surface area contributed by atoms with Crippen LogP contribution in [0.25, 0.3) is 16.6 Å². The summed E-state index contributed by atoms with van der Waals surface area (Å²) in [6.45, 7) is 3.08. The van der Waals surface area contributed by atoms with Crippen LogP contribution in [-0.4, -0.2) is 47.0 Å². The molecule has 7 heteroatoms. The molecule has 6 rings (SSSR count). The molecule has 1 aromatic heterocycles. The molecule has 1 saturated heterocycles. The van der Waals surface area contributed by atoms with Crippen LogP contribution in [-0.2, 0) is 10.2 Å². The van der Waals surface area contributed by atoms with E-state index in [4.69, 9.17) is 11.6 Å². The van der Waals surface area contributed by atoms with Gasteiger partial charge in [-0.25, -0.2) is 0 Å². The second-order valence-electron chi connectivity index (χ2n) is 9.18. The number of fused-ring (bicyclic) bond motifs is 7. The molecule has 6 nitrogen and oxygen atoms in total. The molecule has 3 aromatic rings. The standard InChI is InChI=1S/C25H25ClN4O2/c26-19-5-4-6-20-22(19)23(32)27-24-25(9-2-1-3-10-25)18-8-7-17(15-21(18)30(20)24)29-13-11-28(16-31)12-14-29/h4-8,15-16H,1-3,9-14H2. The Bertz CT molecular complexity index is 1290. The molecule has 1 saturated carbocycles. The number of carbonyl (C=O) groups is 1. The minimum atomic E-state index is -0.236. The van der Waals surface area contributed by atoms with Gasteiger partial charge in [0.1, 0.15) is 5.82 Å². The average molecular weight is 449 g/mol. The molecule has 32 heavy (non-hydrogen) atoms. The van der Waals surface area contributed by atoms with Crippen molar-refractivity contribution in [3.05, 3.63) is 63.2 Å². The van der Waals surface area contributed by atoms with E-state index < -0.39 is 0 Å². The van der Waals surface area contributed by atoms with Gasteiger partial charge >= 0.3 is 0 Å². The van der Waals surface area contributed by atoms with E-state index in [0.29, 0.717) is 10.4 Å². The summed E-state index contributed by atoms with van der Waals surface area (Å²) < 4.78 is 2.19. The van der Waals surface area contributed by atoms with Crippen LogP contribution >= 0.6 is 11.6 Å². The van der Waals surface area contributed by atoms with Crippen LogP contribution in [0.4, 0.5) is 5.69 Å². The molecule has 3 aliphatic rings. The van der Waals surface area contributed by atoms with Gasteiger partial charge in [-0.05, 0) is 42.7 Å². The molecular formula is C25H25ClN4O2. The Labute approximate surface area is 191 Å². The first-order valence-corrected chi connectivity index (χ1v) is 11.8. The van der Waals surface area contributed by atoms with Crippen LogP contribution in [0.15, 0.2) is 41.2 Å². The second-order valence-corrected chi connectivity index (χ2v) is 9.59. The third-order valence-electron chi connectivity index (χ3n) is 7.57. The van der Waals surface area contributed by atoms with Gasteiger partial charge in [-0.15, -0.1) is 0 Å². The number of halogens is 1. The second kappa shape index (κ2) is 7.34. The van der Waals surface area contributed by atoms with Gasteiger partial charge in [0.05, 0.1) is 27.0 Å². The fourth-order valence-corrected chi connectivity index (χ4v) is 6.20.